The van der Waals surface area contributed by atoms with Crippen LogP contribution in [0.15, 0.2) is 24.3 Å². The minimum absolute atomic E-state index is 0.190. The zero-order chi connectivity index (χ0) is 12.9. The van der Waals surface area contributed by atoms with Crippen molar-refractivity contribution in [3.05, 3.63) is 29.8 Å². The molecule has 2 heteroatoms. The zero-order valence-electron chi connectivity index (χ0n) is 11.6. The molecule has 0 aromatic heterocycles. The average Bonchev–Trinajstić information content (AvgIpc) is 2.30. The van der Waals surface area contributed by atoms with E-state index in [1.807, 2.05) is 26.0 Å². The molecular formula is C15H24O2. The molecule has 96 valence electrons. The molecule has 0 bridgehead atoms. The predicted octanol–water partition coefficient (Wildman–Crippen LogP) is 4.14. The lowest BCUT2D eigenvalue weighted by Gasteiger charge is -2.23. The van der Waals surface area contributed by atoms with Gasteiger partial charge in [0.2, 0.25) is 0 Å². The second kappa shape index (κ2) is 6.06. The maximum Gasteiger partial charge on any atom is 0.196 e. The highest BCUT2D eigenvalue weighted by molar-refractivity contribution is 5.31. The van der Waals surface area contributed by atoms with Crippen molar-refractivity contribution < 1.29 is 9.47 Å². The molecule has 0 aliphatic heterocycles. The summed E-state index contributed by atoms with van der Waals surface area (Å²) < 4.78 is 11.0. The standard InChI is InChI=1S/C15H24O2/c1-6-15(4,5)13-8-10-14(11-9-13)17-12(3)16-7-2/h8-12H,6-7H2,1-5H3. The molecule has 0 aliphatic carbocycles. The molecule has 0 spiro atoms. The fourth-order valence-corrected chi connectivity index (χ4v) is 1.65. The van der Waals surface area contributed by atoms with Gasteiger partial charge in [-0.25, -0.2) is 0 Å². The Morgan fingerprint density at radius 1 is 1.12 bits per heavy atom. The summed E-state index contributed by atoms with van der Waals surface area (Å²) in [6.07, 6.45) is 0.938. The first-order valence-electron chi connectivity index (χ1n) is 6.38. The summed E-state index contributed by atoms with van der Waals surface area (Å²) in [6, 6.07) is 8.31. The van der Waals surface area contributed by atoms with Gasteiger partial charge < -0.3 is 9.47 Å². The molecule has 1 atom stereocenters. The number of hydrogen-bond acceptors (Lipinski definition) is 2. The molecule has 2 nitrogen and oxygen atoms in total. The van der Waals surface area contributed by atoms with Gasteiger partial charge in [-0.2, -0.15) is 0 Å². The number of hydrogen-bond donors (Lipinski definition) is 0. The van der Waals surface area contributed by atoms with Crippen LogP contribution in [-0.4, -0.2) is 12.9 Å². The van der Waals surface area contributed by atoms with Crippen LogP contribution in [0.5, 0.6) is 5.75 Å². The van der Waals surface area contributed by atoms with Gasteiger partial charge >= 0.3 is 0 Å². The van der Waals surface area contributed by atoms with E-state index < -0.39 is 0 Å². The lowest BCUT2D eigenvalue weighted by molar-refractivity contribution is -0.0613. The minimum atomic E-state index is -0.190. The van der Waals surface area contributed by atoms with Crippen LogP contribution < -0.4 is 4.74 Å². The molecule has 0 saturated heterocycles. The molecule has 1 aromatic carbocycles. The minimum Gasteiger partial charge on any atom is -0.465 e. The van der Waals surface area contributed by atoms with Crippen LogP contribution in [-0.2, 0) is 10.2 Å². The number of ether oxygens (including phenoxy) is 2. The van der Waals surface area contributed by atoms with Crippen molar-refractivity contribution >= 4 is 0 Å². The molecule has 0 fully saturated rings. The Kier molecular flexibility index (Phi) is 5.01. The summed E-state index contributed by atoms with van der Waals surface area (Å²) in [5.41, 5.74) is 1.57. The molecule has 0 saturated carbocycles. The van der Waals surface area contributed by atoms with Crippen LogP contribution in [0, 0.1) is 0 Å². The van der Waals surface area contributed by atoms with Crippen molar-refractivity contribution in [1.29, 1.82) is 0 Å². The highest BCUT2D eigenvalue weighted by Gasteiger charge is 2.17. The van der Waals surface area contributed by atoms with Crippen molar-refractivity contribution in [2.45, 2.75) is 52.7 Å². The van der Waals surface area contributed by atoms with E-state index in [-0.39, 0.29) is 11.7 Å². The first-order chi connectivity index (χ1) is 7.99. The van der Waals surface area contributed by atoms with Crippen LogP contribution in [0.4, 0.5) is 0 Å². The molecule has 1 unspecified atom stereocenters. The third-order valence-electron chi connectivity index (χ3n) is 3.22. The molecule has 1 rings (SSSR count). The van der Waals surface area contributed by atoms with Crippen LogP contribution in [0.3, 0.4) is 0 Å². The molecular weight excluding hydrogens is 212 g/mol. The van der Waals surface area contributed by atoms with Gasteiger partial charge in [0.15, 0.2) is 6.29 Å². The predicted molar refractivity (Wildman–Crippen MR) is 71.5 cm³/mol. The van der Waals surface area contributed by atoms with E-state index >= 15 is 0 Å². The van der Waals surface area contributed by atoms with E-state index in [1.165, 1.54) is 5.56 Å². The van der Waals surface area contributed by atoms with Crippen LogP contribution in [0.25, 0.3) is 0 Å². The van der Waals surface area contributed by atoms with Gasteiger partial charge in [0.1, 0.15) is 5.75 Å². The highest BCUT2D eigenvalue weighted by atomic mass is 16.7. The fraction of sp³-hybridized carbons (Fsp3) is 0.600. The Bertz CT molecular complexity index is 327. The maximum absolute atomic E-state index is 5.63. The van der Waals surface area contributed by atoms with Crippen molar-refractivity contribution in [1.82, 2.24) is 0 Å². The largest absolute Gasteiger partial charge is 0.465 e. The van der Waals surface area contributed by atoms with Gasteiger partial charge in [0, 0.05) is 6.61 Å². The maximum atomic E-state index is 5.63. The van der Waals surface area contributed by atoms with Gasteiger partial charge in [0.05, 0.1) is 0 Å². The third-order valence-corrected chi connectivity index (χ3v) is 3.22. The third kappa shape index (κ3) is 4.04. The summed E-state index contributed by atoms with van der Waals surface area (Å²) in [5, 5.41) is 0. The van der Waals surface area contributed by atoms with Crippen LogP contribution in [0.1, 0.15) is 46.6 Å². The van der Waals surface area contributed by atoms with Gasteiger partial charge in [0.25, 0.3) is 0 Å². The average molecular weight is 236 g/mol. The normalized spacial score (nSPS) is 13.5. The first-order valence-corrected chi connectivity index (χ1v) is 6.38. The Balaban J connectivity index is 2.68. The molecule has 17 heavy (non-hydrogen) atoms. The summed E-state index contributed by atoms with van der Waals surface area (Å²) in [4.78, 5) is 0. The summed E-state index contributed by atoms with van der Waals surface area (Å²) in [7, 11) is 0. The molecule has 0 N–H and O–H groups in total. The Labute approximate surface area is 105 Å². The van der Waals surface area contributed by atoms with Crippen LogP contribution in [0.2, 0.25) is 0 Å². The van der Waals surface area contributed by atoms with E-state index in [9.17, 15) is 0 Å². The van der Waals surface area contributed by atoms with E-state index in [4.69, 9.17) is 9.47 Å². The van der Waals surface area contributed by atoms with Crippen molar-refractivity contribution in [3.8, 4) is 5.75 Å². The number of rotatable bonds is 6. The zero-order valence-corrected chi connectivity index (χ0v) is 11.6. The summed E-state index contributed by atoms with van der Waals surface area (Å²) in [5.74, 6) is 0.863. The lowest BCUT2D eigenvalue weighted by Crippen LogP contribution is -2.17. The van der Waals surface area contributed by atoms with Gasteiger partial charge in [-0.3, -0.25) is 0 Å². The topological polar surface area (TPSA) is 18.5 Å². The van der Waals surface area contributed by atoms with E-state index in [2.05, 4.69) is 32.9 Å². The Morgan fingerprint density at radius 3 is 2.18 bits per heavy atom. The quantitative estimate of drug-likeness (QED) is 0.691. The smallest absolute Gasteiger partial charge is 0.196 e. The van der Waals surface area contributed by atoms with Crippen molar-refractivity contribution in [2.24, 2.45) is 0 Å². The highest BCUT2D eigenvalue weighted by Crippen LogP contribution is 2.28. The monoisotopic (exact) mass is 236 g/mol. The SMILES string of the molecule is CCOC(C)Oc1ccc(C(C)(C)CC)cc1. The molecule has 0 radical (unpaired) electrons. The number of benzene rings is 1. The molecule has 1 aromatic rings. The van der Waals surface area contributed by atoms with E-state index in [1.54, 1.807) is 0 Å². The Hall–Kier alpha value is -1.02. The lowest BCUT2D eigenvalue weighted by atomic mass is 9.82. The molecule has 0 amide bonds. The van der Waals surface area contributed by atoms with E-state index in [0.717, 1.165) is 12.2 Å². The van der Waals surface area contributed by atoms with E-state index in [0.29, 0.717) is 6.61 Å². The second-order valence-electron chi connectivity index (χ2n) is 4.90. The molecule has 0 heterocycles. The van der Waals surface area contributed by atoms with Crippen LogP contribution >= 0.6 is 0 Å². The first kappa shape index (κ1) is 14.0. The summed E-state index contributed by atoms with van der Waals surface area (Å²) >= 11 is 0. The van der Waals surface area contributed by atoms with Crippen molar-refractivity contribution in [2.75, 3.05) is 6.61 Å². The van der Waals surface area contributed by atoms with Crippen molar-refractivity contribution in [3.63, 3.8) is 0 Å². The summed E-state index contributed by atoms with van der Waals surface area (Å²) in [6.45, 7) is 11.3. The molecule has 0 aliphatic rings. The fourth-order valence-electron chi connectivity index (χ4n) is 1.65. The van der Waals surface area contributed by atoms with Gasteiger partial charge in [-0.15, -0.1) is 0 Å². The second-order valence-corrected chi connectivity index (χ2v) is 4.90. The Morgan fingerprint density at radius 2 is 1.71 bits per heavy atom. The van der Waals surface area contributed by atoms with Gasteiger partial charge in [-0.05, 0) is 43.4 Å². The van der Waals surface area contributed by atoms with Gasteiger partial charge in [-0.1, -0.05) is 32.9 Å².